The normalized spacial score (nSPS) is 23.2. The van der Waals surface area contributed by atoms with Gasteiger partial charge in [-0.25, -0.2) is 0 Å². The summed E-state index contributed by atoms with van der Waals surface area (Å²) < 4.78 is 5.31. The van der Waals surface area contributed by atoms with Crippen molar-refractivity contribution in [2.45, 2.75) is 32.6 Å². The second-order valence-electron chi connectivity index (χ2n) is 3.62. The smallest absolute Gasteiger partial charge is 0.0495 e. The Kier molecular flexibility index (Phi) is 5.37. The van der Waals surface area contributed by atoms with Crippen LogP contribution < -0.4 is 5.32 Å². The molecule has 1 heterocycles. The molecule has 2 heteroatoms. The summed E-state index contributed by atoms with van der Waals surface area (Å²) >= 11 is 0. The Balaban J connectivity index is 1.81. The molecule has 1 N–H and O–H groups in total. The second-order valence-corrected chi connectivity index (χ2v) is 3.62. The third-order valence-electron chi connectivity index (χ3n) is 2.46. The molecule has 0 spiro atoms. The molecule has 12 heavy (non-hydrogen) atoms. The summed E-state index contributed by atoms with van der Waals surface area (Å²) in [7, 11) is 0. The lowest BCUT2D eigenvalue weighted by Gasteiger charge is -2.07. The number of rotatable bonds is 6. The molecule has 2 nitrogen and oxygen atoms in total. The van der Waals surface area contributed by atoms with Crippen molar-refractivity contribution in [3.05, 3.63) is 0 Å². The third-order valence-corrected chi connectivity index (χ3v) is 2.46. The Morgan fingerprint density at radius 3 is 3.00 bits per heavy atom. The molecule has 72 valence electrons. The molecule has 0 aromatic heterocycles. The zero-order chi connectivity index (χ0) is 8.65. The Bertz CT molecular complexity index is 100. The Morgan fingerprint density at radius 2 is 2.33 bits per heavy atom. The second kappa shape index (κ2) is 6.44. The van der Waals surface area contributed by atoms with Gasteiger partial charge in [0.15, 0.2) is 0 Å². The number of unbranched alkanes of at least 4 members (excludes halogenated alkanes) is 1. The highest BCUT2D eigenvalue weighted by Gasteiger charge is 2.14. The fourth-order valence-electron chi connectivity index (χ4n) is 1.54. The molecular weight excluding hydrogens is 150 g/mol. The van der Waals surface area contributed by atoms with Gasteiger partial charge in [-0.15, -0.1) is 0 Å². The Hall–Kier alpha value is -0.0800. The minimum Gasteiger partial charge on any atom is -0.381 e. The van der Waals surface area contributed by atoms with Crippen molar-refractivity contribution < 1.29 is 4.74 Å². The van der Waals surface area contributed by atoms with Gasteiger partial charge in [-0.2, -0.15) is 0 Å². The van der Waals surface area contributed by atoms with E-state index in [4.69, 9.17) is 4.74 Å². The Labute approximate surface area is 75.7 Å². The number of hydrogen-bond donors (Lipinski definition) is 1. The highest BCUT2D eigenvalue weighted by Crippen LogP contribution is 2.14. The predicted octanol–water partition coefficient (Wildman–Crippen LogP) is 1.80. The maximum absolute atomic E-state index is 5.31. The van der Waals surface area contributed by atoms with E-state index in [-0.39, 0.29) is 0 Å². The first-order chi connectivity index (χ1) is 5.93. The van der Waals surface area contributed by atoms with Crippen LogP contribution in [0.1, 0.15) is 32.6 Å². The van der Waals surface area contributed by atoms with Crippen LogP contribution in [0.25, 0.3) is 0 Å². The van der Waals surface area contributed by atoms with E-state index in [1.165, 1.54) is 38.8 Å². The summed E-state index contributed by atoms with van der Waals surface area (Å²) in [6, 6.07) is 0. The van der Waals surface area contributed by atoms with Crippen LogP contribution in [0, 0.1) is 5.92 Å². The van der Waals surface area contributed by atoms with Crippen LogP contribution in [0.15, 0.2) is 0 Å². The molecule has 1 aliphatic heterocycles. The minimum absolute atomic E-state index is 0.833. The molecular formula is C10H21NO. The molecule has 1 atom stereocenters. The van der Waals surface area contributed by atoms with Gasteiger partial charge >= 0.3 is 0 Å². The molecule has 0 amide bonds. The van der Waals surface area contributed by atoms with E-state index in [9.17, 15) is 0 Å². The SMILES string of the molecule is CCCCNCCC1CCOC1. The fourth-order valence-corrected chi connectivity index (χ4v) is 1.54. The maximum atomic E-state index is 5.31. The third kappa shape index (κ3) is 4.07. The van der Waals surface area contributed by atoms with Crippen LogP contribution in [0.3, 0.4) is 0 Å². The van der Waals surface area contributed by atoms with Crippen molar-refractivity contribution >= 4 is 0 Å². The highest BCUT2D eigenvalue weighted by molar-refractivity contribution is 4.65. The van der Waals surface area contributed by atoms with Crippen molar-refractivity contribution in [2.75, 3.05) is 26.3 Å². The van der Waals surface area contributed by atoms with Gasteiger partial charge in [-0.05, 0) is 38.3 Å². The van der Waals surface area contributed by atoms with E-state index >= 15 is 0 Å². The molecule has 0 aromatic rings. The lowest BCUT2D eigenvalue weighted by Crippen LogP contribution is -2.19. The molecule has 1 fully saturated rings. The average Bonchev–Trinajstić information content (AvgIpc) is 2.57. The first-order valence-electron chi connectivity index (χ1n) is 5.22. The first kappa shape index (κ1) is 10.0. The lowest BCUT2D eigenvalue weighted by atomic mass is 10.1. The molecule has 0 saturated carbocycles. The molecule has 1 unspecified atom stereocenters. The number of hydrogen-bond acceptors (Lipinski definition) is 2. The first-order valence-corrected chi connectivity index (χ1v) is 5.22. The molecule has 0 bridgehead atoms. The van der Waals surface area contributed by atoms with Crippen molar-refractivity contribution in [3.8, 4) is 0 Å². The van der Waals surface area contributed by atoms with E-state index in [2.05, 4.69) is 12.2 Å². The van der Waals surface area contributed by atoms with Crippen molar-refractivity contribution in [1.82, 2.24) is 5.32 Å². The summed E-state index contributed by atoms with van der Waals surface area (Å²) in [5, 5.41) is 3.46. The average molecular weight is 171 g/mol. The molecule has 1 rings (SSSR count). The van der Waals surface area contributed by atoms with Crippen LogP contribution in [0.5, 0.6) is 0 Å². The van der Waals surface area contributed by atoms with Crippen molar-refractivity contribution in [3.63, 3.8) is 0 Å². The van der Waals surface area contributed by atoms with Crippen LogP contribution >= 0.6 is 0 Å². The van der Waals surface area contributed by atoms with Gasteiger partial charge < -0.3 is 10.1 Å². The van der Waals surface area contributed by atoms with Gasteiger partial charge in [-0.1, -0.05) is 13.3 Å². The highest BCUT2D eigenvalue weighted by atomic mass is 16.5. The van der Waals surface area contributed by atoms with Crippen LogP contribution in [0.2, 0.25) is 0 Å². The monoisotopic (exact) mass is 171 g/mol. The summed E-state index contributed by atoms with van der Waals surface area (Å²) in [6.07, 6.45) is 5.17. The summed E-state index contributed by atoms with van der Waals surface area (Å²) in [6.45, 7) is 6.57. The minimum atomic E-state index is 0.833. The molecule has 0 aliphatic carbocycles. The largest absolute Gasteiger partial charge is 0.381 e. The number of ether oxygens (including phenoxy) is 1. The summed E-state index contributed by atoms with van der Waals surface area (Å²) in [5.41, 5.74) is 0. The van der Waals surface area contributed by atoms with E-state index in [0.717, 1.165) is 19.1 Å². The van der Waals surface area contributed by atoms with Gasteiger partial charge in [0.05, 0.1) is 0 Å². The van der Waals surface area contributed by atoms with Crippen LogP contribution in [0.4, 0.5) is 0 Å². The van der Waals surface area contributed by atoms with E-state index in [0.29, 0.717) is 0 Å². The predicted molar refractivity (Wildman–Crippen MR) is 51.3 cm³/mol. The standard InChI is InChI=1S/C10H21NO/c1-2-3-6-11-7-4-10-5-8-12-9-10/h10-11H,2-9H2,1H3. The Morgan fingerprint density at radius 1 is 1.42 bits per heavy atom. The van der Waals surface area contributed by atoms with Crippen molar-refractivity contribution in [2.24, 2.45) is 5.92 Å². The zero-order valence-electron chi connectivity index (χ0n) is 8.14. The maximum Gasteiger partial charge on any atom is 0.0495 e. The molecule has 0 radical (unpaired) electrons. The molecule has 0 aromatic carbocycles. The quantitative estimate of drug-likeness (QED) is 0.615. The van der Waals surface area contributed by atoms with Crippen LogP contribution in [-0.2, 0) is 4.74 Å². The van der Waals surface area contributed by atoms with Gasteiger partial charge in [-0.3, -0.25) is 0 Å². The molecule has 1 aliphatic rings. The van der Waals surface area contributed by atoms with Gasteiger partial charge in [0, 0.05) is 13.2 Å². The lowest BCUT2D eigenvalue weighted by molar-refractivity contribution is 0.184. The summed E-state index contributed by atoms with van der Waals surface area (Å²) in [5.74, 6) is 0.833. The van der Waals surface area contributed by atoms with Gasteiger partial charge in [0.25, 0.3) is 0 Å². The van der Waals surface area contributed by atoms with Crippen molar-refractivity contribution in [1.29, 1.82) is 0 Å². The van der Waals surface area contributed by atoms with E-state index in [1.54, 1.807) is 0 Å². The summed E-state index contributed by atoms with van der Waals surface area (Å²) in [4.78, 5) is 0. The number of nitrogens with one attached hydrogen (secondary N) is 1. The zero-order valence-corrected chi connectivity index (χ0v) is 8.14. The van der Waals surface area contributed by atoms with E-state index < -0.39 is 0 Å². The van der Waals surface area contributed by atoms with Gasteiger partial charge in [0.1, 0.15) is 0 Å². The topological polar surface area (TPSA) is 21.3 Å². The fraction of sp³-hybridized carbons (Fsp3) is 1.00. The van der Waals surface area contributed by atoms with Crippen LogP contribution in [-0.4, -0.2) is 26.3 Å². The van der Waals surface area contributed by atoms with E-state index in [1.807, 2.05) is 0 Å². The molecule has 1 saturated heterocycles. The van der Waals surface area contributed by atoms with Gasteiger partial charge in [0.2, 0.25) is 0 Å².